The highest BCUT2D eigenvalue weighted by molar-refractivity contribution is 9.10. The average Bonchev–Trinajstić information content (AvgIpc) is 2.75. The molecule has 2 aromatic rings. The van der Waals surface area contributed by atoms with Gasteiger partial charge in [-0.05, 0) is 46.0 Å². The summed E-state index contributed by atoms with van der Waals surface area (Å²) < 4.78 is 27.1. The molecular weight excluding hydrogens is 426 g/mol. The Morgan fingerprint density at radius 2 is 1.93 bits per heavy atom. The maximum absolute atomic E-state index is 13.3. The van der Waals surface area contributed by atoms with E-state index in [4.69, 9.17) is 0 Å². The van der Waals surface area contributed by atoms with Gasteiger partial charge in [0.1, 0.15) is 5.75 Å². The van der Waals surface area contributed by atoms with Gasteiger partial charge in [0, 0.05) is 11.6 Å². The van der Waals surface area contributed by atoms with Crippen LogP contribution >= 0.6 is 15.9 Å². The van der Waals surface area contributed by atoms with Gasteiger partial charge in [0.15, 0.2) is 9.84 Å². The van der Waals surface area contributed by atoms with E-state index in [0.29, 0.717) is 10.0 Å². The number of halogens is 1. The van der Waals surface area contributed by atoms with Crippen molar-refractivity contribution in [3.8, 4) is 5.75 Å². The molecule has 0 aliphatic carbocycles. The lowest BCUT2D eigenvalue weighted by molar-refractivity contribution is 0.295. The number of nitrogens with one attached hydrogen (secondary N) is 1. The molecule has 146 valence electrons. The maximum Gasteiger partial charge on any atom is 0.180 e. The van der Waals surface area contributed by atoms with E-state index in [2.05, 4.69) is 28.2 Å². The molecule has 0 amide bonds. The van der Waals surface area contributed by atoms with Crippen molar-refractivity contribution >= 4 is 25.8 Å². The van der Waals surface area contributed by atoms with Crippen molar-refractivity contribution in [2.45, 2.75) is 56.0 Å². The Balaban J connectivity index is 2.24. The minimum Gasteiger partial charge on any atom is -0.507 e. The van der Waals surface area contributed by atoms with Crippen LogP contribution < -0.4 is 5.32 Å². The molecule has 0 spiro atoms. The van der Waals surface area contributed by atoms with E-state index >= 15 is 0 Å². The molecule has 4 nitrogen and oxygen atoms in total. The fourth-order valence-corrected chi connectivity index (χ4v) is 6.37. The summed E-state index contributed by atoms with van der Waals surface area (Å²) in [4.78, 5) is 0.219. The van der Waals surface area contributed by atoms with Crippen LogP contribution in [0.15, 0.2) is 51.8 Å². The molecule has 0 aromatic heterocycles. The Morgan fingerprint density at radius 1 is 1.22 bits per heavy atom. The molecule has 27 heavy (non-hydrogen) atoms. The first kappa shape index (κ1) is 20.4. The van der Waals surface area contributed by atoms with Gasteiger partial charge in [-0.2, -0.15) is 0 Å². The number of sulfone groups is 1. The molecule has 0 saturated heterocycles. The third-order valence-corrected chi connectivity index (χ3v) is 8.05. The second-order valence-corrected chi connectivity index (χ2v) is 10.1. The van der Waals surface area contributed by atoms with Gasteiger partial charge >= 0.3 is 0 Å². The van der Waals surface area contributed by atoms with Gasteiger partial charge < -0.3 is 5.11 Å². The molecule has 0 unspecified atom stereocenters. The summed E-state index contributed by atoms with van der Waals surface area (Å²) in [5.74, 6) is -0.0184. The van der Waals surface area contributed by atoms with E-state index < -0.39 is 15.4 Å². The zero-order chi connectivity index (χ0) is 19.7. The number of benzene rings is 2. The fraction of sp³-hybridized carbons (Fsp3) is 0.429. The van der Waals surface area contributed by atoms with Crippen molar-refractivity contribution in [2.75, 3.05) is 5.75 Å². The third-order valence-electron chi connectivity index (χ3n) is 5.46. The molecule has 1 aliphatic rings. The van der Waals surface area contributed by atoms with Gasteiger partial charge in [-0.3, -0.25) is 5.32 Å². The first-order chi connectivity index (χ1) is 12.8. The van der Waals surface area contributed by atoms with Gasteiger partial charge in [-0.25, -0.2) is 8.42 Å². The number of rotatable bonds is 5. The van der Waals surface area contributed by atoms with Crippen LogP contribution in [0.2, 0.25) is 0 Å². The number of hydrogen-bond donors (Lipinski definition) is 2. The predicted molar refractivity (Wildman–Crippen MR) is 112 cm³/mol. The quantitative estimate of drug-likeness (QED) is 0.673. The highest BCUT2D eigenvalue weighted by Crippen LogP contribution is 2.41. The first-order valence-corrected chi connectivity index (χ1v) is 11.8. The molecule has 2 N–H and O–H groups in total. The predicted octanol–water partition coefficient (Wildman–Crippen LogP) is 4.96. The highest BCUT2D eigenvalue weighted by atomic mass is 79.9. The summed E-state index contributed by atoms with van der Waals surface area (Å²) >= 11 is 3.35. The molecule has 0 fully saturated rings. The number of phenolic OH excluding ortho intramolecular Hbond substituents is 1. The molecule has 0 bridgehead atoms. The summed E-state index contributed by atoms with van der Waals surface area (Å²) in [7, 11) is -3.55. The van der Waals surface area contributed by atoms with Crippen molar-refractivity contribution in [1.29, 1.82) is 0 Å². The standard InChI is InChI=1S/C21H26BrNO3S/c1-3-5-11-21(4-2)14-27(25,26)19-13-18(24)17(22)12-16(19)20(23-21)15-9-7-6-8-10-15/h6-10,12-13,20,23-24H,3-5,11,14H2,1-2H3/t20-,21+/m0/s1. The van der Waals surface area contributed by atoms with Crippen LogP contribution in [0.4, 0.5) is 0 Å². The molecule has 6 heteroatoms. The number of aromatic hydroxyl groups is 1. The van der Waals surface area contributed by atoms with Crippen molar-refractivity contribution in [3.63, 3.8) is 0 Å². The number of hydrogen-bond acceptors (Lipinski definition) is 4. The Hall–Kier alpha value is -1.37. The molecule has 0 saturated carbocycles. The number of unbranched alkanes of at least 4 members (excludes halogenated alkanes) is 1. The van der Waals surface area contributed by atoms with Gasteiger partial charge in [0.2, 0.25) is 0 Å². The summed E-state index contributed by atoms with van der Waals surface area (Å²) in [6.45, 7) is 4.16. The van der Waals surface area contributed by atoms with Crippen LogP contribution in [0.25, 0.3) is 0 Å². The van der Waals surface area contributed by atoms with Crippen molar-refractivity contribution in [3.05, 3.63) is 58.1 Å². The van der Waals surface area contributed by atoms with Crippen molar-refractivity contribution < 1.29 is 13.5 Å². The molecule has 3 rings (SSSR count). The van der Waals surface area contributed by atoms with Gasteiger partial charge in [-0.15, -0.1) is 0 Å². The summed E-state index contributed by atoms with van der Waals surface area (Å²) in [6, 6.07) is 12.8. The smallest absolute Gasteiger partial charge is 0.180 e. The van der Waals surface area contributed by atoms with Crippen LogP contribution in [0.3, 0.4) is 0 Å². The Labute approximate surface area is 170 Å². The third kappa shape index (κ3) is 4.08. The molecule has 1 aliphatic heterocycles. The van der Waals surface area contributed by atoms with E-state index in [9.17, 15) is 13.5 Å². The van der Waals surface area contributed by atoms with E-state index in [0.717, 1.165) is 31.2 Å². The summed E-state index contributed by atoms with van der Waals surface area (Å²) in [6.07, 6.45) is 3.49. The van der Waals surface area contributed by atoms with Gasteiger partial charge in [-0.1, -0.05) is 57.0 Å². The molecule has 1 heterocycles. The monoisotopic (exact) mass is 451 g/mol. The molecule has 2 aromatic carbocycles. The van der Waals surface area contributed by atoms with Gasteiger partial charge in [0.05, 0.1) is 21.2 Å². The Bertz CT molecular complexity index is 915. The molecular formula is C21H26BrNO3S. The van der Waals surface area contributed by atoms with Crippen molar-refractivity contribution in [1.82, 2.24) is 5.32 Å². The van der Waals surface area contributed by atoms with E-state index in [1.807, 2.05) is 37.3 Å². The summed E-state index contributed by atoms with van der Waals surface area (Å²) in [5, 5.41) is 13.9. The van der Waals surface area contributed by atoms with E-state index in [1.54, 1.807) is 6.07 Å². The Morgan fingerprint density at radius 3 is 2.56 bits per heavy atom. The summed E-state index contributed by atoms with van der Waals surface area (Å²) in [5.41, 5.74) is 1.19. The zero-order valence-corrected chi connectivity index (χ0v) is 18.1. The lowest BCUT2D eigenvalue weighted by Gasteiger charge is -2.36. The zero-order valence-electron chi connectivity index (χ0n) is 15.7. The Kier molecular flexibility index (Phi) is 5.99. The lowest BCUT2D eigenvalue weighted by Crippen LogP contribution is -2.50. The maximum atomic E-state index is 13.3. The van der Waals surface area contributed by atoms with Gasteiger partial charge in [0.25, 0.3) is 0 Å². The largest absolute Gasteiger partial charge is 0.507 e. The second kappa shape index (κ2) is 7.94. The second-order valence-electron chi connectivity index (χ2n) is 7.33. The van der Waals surface area contributed by atoms with Crippen molar-refractivity contribution in [2.24, 2.45) is 0 Å². The molecule has 2 atom stereocenters. The van der Waals surface area contributed by atoms with Crippen LogP contribution in [-0.2, 0) is 9.84 Å². The SMILES string of the molecule is CCCC[C@]1(CC)CS(=O)(=O)c2cc(O)c(Br)cc2[C@H](c2ccccc2)N1. The minimum absolute atomic E-state index is 0.0356. The van der Waals surface area contributed by atoms with Crippen LogP contribution in [0, 0.1) is 0 Å². The van der Waals surface area contributed by atoms with Crippen LogP contribution in [-0.4, -0.2) is 24.8 Å². The number of fused-ring (bicyclic) bond motifs is 1. The van der Waals surface area contributed by atoms with E-state index in [-0.39, 0.29) is 22.4 Å². The highest BCUT2D eigenvalue weighted by Gasteiger charge is 2.42. The normalized spacial score (nSPS) is 24.2. The first-order valence-electron chi connectivity index (χ1n) is 9.40. The van der Waals surface area contributed by atoms with Crippen LogP contribution in [0.5, 0.6) is 5.75 Å². The lowest BCUT2D eigenvalue weighted by atomic mass is 9.88. The topological polar surface area (TPSA) is 66.4 Å². The van der Waals surface area contributed by atoms with Crippen LogP contribution in [0.1, 0.15) is 56.7 Å². The number of phenols is 1. The minimum atomic E-state index is -3.55. The fourth-order valence-electron chi connectivity index (χ4n) is 3.87. The molecule has 0 radical (unpaired) electrons. The van der Waals surface area contributed by atoms with E-state index in [1.165, 1.54) is 6.07 Å². The average molecular weight is 452 g/mol.